The van der Waals surface area contributed by atoms with Crippen molar-refractivity contribution in [1.82, 2.24) is 14.9 Å². The lowest BCUT2D eigenvalue weighted by Crippen LogP contribution is -2.29. The van der Waals surface area contributed by atoms with Crippen LogP contribution in [0.15, 0.2) is 6.20 Å². The van der Waals surface area contributed by atoms with Gasteiger partial charge in [-0.15, -0.1) is 0 Å². The van der Waals surface area contributed by atoms with Crippen molar-refractivity contribution in [2.75, 3.05) is 25.5 Å². The normalized spacial score (nSPS) is 17.9. The van der Waals surface area contributed by atoms with Crippen molar-refractivity contribution in [2.24, 2.45) is 5.73 Å². The zero-order chi connectivity index (χ0) is 11.5. The molecule has 1 aromatic heterocycles. The number of hydrogen-bond acceptors (Lipinski definition) is 5. The second kappa shape index (κ2) is 4.76. The van der Waals surface area contributed by atoms with Gasteiger partial charge in [-0.2, -0.15) is 0 Å². The van der Waals surface area contributed by atoms with Crippen LogP contribution >= 0.6 is 0 Å². The minimum absolute atomic E-state index is 0.116. The molecule has 0 saturated carbocycles. The van der Waals surface area contributed by atoms with E-state index in [0.717, 1.165) is 19.5 Å². The van der Waals surface area contributed by atoms with Crippen LogP contribution in [0.1, 0.15) is 18.2 Å². The van der Waals surface area contributed by atoms with Gasteiger partial charge in [-0.25, -0.2) is 9.97 Å². The predicted octanol–water partition coefficient (Wildman–Crippen LogP) is 0.224. The van der Waals surface area contributed by atoms with Gasteiger partial charge < -0.3 is 16.0 Å². The molecule has 1 aromatic rings. The zero-order valence-corrected chi connectivity index (χ0v) is 9.90. The van der Waals surface area contributed by atoms with Crippen LogP contribution in [0.5, 0.6) is 0 Å². The largest absolute Gasteiger partial charge is 0.353 e. The first-order valence-corrected chi connectivity index (χ1v) is 5.68. The molecule has 5 nitrogen and oxygen atoms in total. The highest BCUT2D eigenvalue weighted by atomic mass is 15.1. The van der Waals surface area contributed by atoms with E-state index in [0.29, 0.717) is 12.5 Å². The van der Waals surface area contributed by atoms with E-state index in [-0.39, 0.29) is 6.04 Å². The van der Waals surface area contributed by atoms with E-state index >= 15 is 0 Å². The third-order valence-electron chi connectivity index (χ3n) is 2.71. The van der Waals surface area contributed by atoms with Gasteiger partial charge >= 0.3 is 0 Å². The summed E-state index contributed by atoms with van der Waals surface area (Å²) in [5.41, 5.74) is 8.07. The summed E-state index contributed by atoms with van der Waals surface area (Å²) >= 11 is 0. The van der Waals surface area contributed by atoms with E-state index < -0.39 is 0 Å². The van der Waals surface area contributed by atoms with Crippen LogP contribution in [0.4, 0.5) is 5.95 Å². The topological polar surface area (TPSA) is 67.1 Å². The first-order valence-electron chi connectivity index (χ1n) is 5.68. The van der Waals surface area contributed by atoms with E-state index in [1.165, 1.54) is 11.3 Å². The third kappa shape index (κ3) is 2.68. The van der Waals surface area contributed by atoms with Crippen molar-refractivity contribution in [3.63, 3.8) is 0 Å². The second-order valence-corrected chi connectivity index (χ2v) is 4.51. The Kier molecular flexibility index (Phi) is 3.36. The Morgan fingerprint density at radius 1 is 1.62 bits per heavy atom. The average molecular weight is 221 g/mol. The van der Waals surface area contributed by atoms with Gasteiger partial charge in [-0.3, -0.25) is 0 Å². The van der Waals surface area contributed by atoms with Crippen LogP contribution < -0.4 is 11.1 Å². The summed E-state index contributed by atoms with van der Waals surface area (Å²) < 4.78 is 0. The highest BCUT2D eigenvalue weighted by molar-refractivity contribution is 5.31. The lowest BCUT2D eigenvalue weighted by Gasteiger charge is -2.24. The number of fused-ring (bicyclic) bond motifs is 1. The van der Waals surface area contributed by atoms with Crippen molar-refractivity contribution in [1.29, 1.82) is 0 Å². The second-order valence-electron chi connectivity index (χ2n) is 4.51. The molecular weight excluding hydrogens is 202 g/mol. The number of nitrogens with one attached hydrogen (secondary N) is 1. The van der Waals surface area contributed by atoms with Crippen molar-refractivity contribution in [3.05, 3.63) is 17.5 Å². The van der Waals surface area contributed by atoms with Gasteiger partial charge in [0.25, 0.3) is 0 Å². The molecule has 0 saturated heterocycles. The molecule has 0 radical (unpaired) electrons. The molecule has 0 aromatic carbocycles. The molecule has 0 bridgehead atoms. The summed E-state index contributed by atoms with van der Waals surface area (Å²) in [5, 5.41) is 3.14. The minimum Gasteiger partial charge on any atom is -0.353 e. The number of likely N-dealkylation sites (N-methyl/N-ethyl adjacent to an activating group) is 1. The number of nitrogens with two attached hydrogens (primary N) is 1. The molecule has 1 atom stereocenters. The molecule has 1 aliphatic rings. The summed E-state index contributed by atoms with van der Waals surface area (Å²) in [6.07, 6.45) is 2.92. The van der Waals surface area contributed by atoms with E-state index in [1.807, 2.05) is 13.1 Å². The van der Waals surface area contributed by atoms with Gasteiger partial charge in [0.15, 0.2) is 0 Å². The average Bonchev–Trinajstić information content (AvgIpc) is 2.26. The van der Waals surface area contributed by atoms with Crippen molar-refractivity contribution in [3.8, 4) is 0 Å². The maximum absolute atomic E-state index is 5.67. The van der Waals surface area contributed by atoms with E-state index in [2.05, 4.69) is 27.2 Å². The van der Waals surface area contributed by atoms with Crippen LogP contribution in [0.3, 0.4) is 0 Å². The summed E-state index contributed by atoms with van der Waals surface area (Å²) in [7, 11) is 2.12. The summed E-state index contributed by atoms with van der Waals surface area (Å²) in [6, 6.07) is 0.116. The van der Waals surface area contributed by atoms with Gasteiger partial charge in [-0.1, -0.05) is 0 Å². The highest BCUT2D eigenvalue weighted by Gasteiger charge is 2.15. The lowest BCUT2D eigenvalue weighted by molar-refractivity contribution is 0.309. The summed E-state index contributed by atoms with van der Waals surface area (Å²) in [4.78, 5) is 11.1. The summed E-state index contributed by atoms with van der Waals surface area (Å²) in [5.74, 6) is 0.695. The molecule has 1 unspecified atom stereocenters. The van der Waals surface area contributed by atoms with Crippen LogP contribution in [-0.2, 0) is 13.0 Å². The van der Waals surface area contributed by atoms with Crippen molar-refractivity contribution in [2.45, 2.75) is 25.9 Å². The number of nitrogens with zero attached hydrogens (tertiary/aromatic N) is 3. The van der Waals surface area contributed by atoms with Gasteiger partial charge in [0.1, 0.15) is 0 Å². The Morgan fingerprint density at radius 3 is 3.19 bits per heavy atom. The monoisotopic (exact) mass is 221 g/mol. The number of hydrogen-bond donors (Lipinski definition) is 2. The third-order valence-corrected chi connectivity index (χ3v) is 2.71. The molecule has 0 fully saturated rings. The standard InChI is InChI=1S/C11H19N5/c1-8(12)5-13-11-14-6-9-7-16(2)4-3-10(9)15-11/h6,8H,3-5,7,12H2,1-2H3,(H,13,14,15). The molecule has 2 rings (SSSR count). The van der Waals surface area contributed by atoms with E-state index in [4.69, 9.17) is 5.73 Å². The Bertz CT molecular complexity index is 363. The van der Waals surface area contributed by atoms with Crippen LogP contribution in [-0.4, -0.2) is 41.0 Å². The predicted molar refractivity (Wildman–Crippen MR) is 64.2 cm³/mol. The van der Waals surface area contributed by atoms with Gasteiger partial charge in [0.2, 0.25) is 5.95 Å². The number of anilines is 1. The van der Waals surface area contributed by atoms with Gasteiger partial charge in [-0.05, 0) is 14.0 Å². The fourth-order valence-corrected chi connectivity index (χ4v) is 1.79. The van der Waals surface area contributed by atoms with Crippen LogP contribution in [0.25, 0.3) is 0 Å². The van der Waals surface area contributed by atoms with Crippen LogP contribution in [0, 0.1) is 0 Å². The SMILES string of the molecule is CC(N)CNc1ncc2c(n1)CCN(C)C2. The maximum atomic E-state index is 5.67. The lowest BCUT2D eigenvalue weighted by atomic mass is 10.1. The molecule has 88 valence electrons. The van der Waals surface area contributed by atoms with Crippen LogP contribution in [0.2, 0.25) is 0 Å². The smallest absolute Gasteiger partial charge is 0.222 e. The minimum atomic E-state index is 0.116. The Balaban J connectivity index is 2.07. The van der Waals surface area contributed by atoms with E-state index in [1.54, 1.807) is 0 Å². The fraction of sp³-hybridized carbons (Fsp3) is 0.636. The molecule has 16 heavy (non-hydrogen) atoms. The maximum Gasteiger partial charge on any atom is 0.222 e. The first-order chi connectivity index (χ1) is 7.65. The summed E-state index contributed by atoms with van der Waals surface area (Å²) in [6.45, 7) is 4.68. The number of rotatable bonds is 3. The fourth-order valence-electron chi connectivity index (χ4n) is 1.79. The first kappa shape index (κ1) is 11.3. The molecule has 3 N–H and O–H groups in total. The molecule has 0 spiro atoms. The van der Waals surface area contributed by atoms with E-state index in [9.17, 15) is 0 Å². The van der Waals surface area contributed by atoms with Gasteiger partial charge in [0, 0.05) is 43.9 Å². The Hall–Kier alpha value is -1.20. The molecule has 0 amide bonds. The number of aromatic nitrogens is 2. The van der Waals surface area contributed by atoms with Gasteiger partial charge in [0.05, 0.1) is 5.69 Å². The zero-order valence-electron chi connectivity index (χ0n) is 9.90. The van der Waals surface area contributed by atoms with Crippen molar-refractivity contribution < 1.29 is 0 Å². The highest BCUT2D eigenvalue weighted by Crippen LogP contribution is 2.16. The molecule has 1 aliphatic heterocycles. The molecular formula is C11H19N5. The Labute approximate surface area is 96.1 Å². The molecule has 5 heteroatoms. The Morgan fingerprint density at radius 2 is 2.44 bits per heavy atom. The molecule has 0 aliphatic carbocycles. The quantitative estimate of drug-likeness (QED) is 0.764. The molecule has 2 heterocycles. The van der Waals surface area contributed by atoms with Crippen molar-refractivity contribution >= 4 is 5.95 Å².